The number of fused-ring (bicyclic) bond motifs is 2. The summed E-state index contributed by atoms with van der Waals surface area (Å²) >= 11 is 0. The van der Waals surface area contributed by atoms with E-state index in [9.17, 15) is 4.79 Å². The summed E-state index contributed by atoms with van der Waals surface area (Å²) in [6.45, 7) is 13.0. The van der Waals surface area contributed by atoms with Crippen molar-refractivity contribution in [2.45, 2.75) is 65.3 Å². The third kappa shape index (κ3) is 2.01. The van der Waals surface area contributed by atoms with Crippen LogP contribution in [0.25, 0.3) is 0 Å². The zero-order valence-electron chi connectivity index (χ0n) is 12.3. The second-order valence-electron chi connectivity index (χ2n) is 7.02. The molecule has 2 saturated carbocycles. The third-order valence-electron chi connectivity index (χ3n) is 6.31. The monoisotopic (exact) mass is 281 g/mol. The lowest BCUT2D eigenvalue weighted by molar-refractivity contribution is -0.120. The molecule has 0 aromatic heterocycles. The van der Waals surface area contributed by atoms with Gasteiger partial charge in [0, 0.05) is 5.54 Å². The van der Waals surface area contributed by atoms with Gasteiger partial charge in [-0.15, -0.1) is 0 Å². The van der Waals surface area contributed by atoms with Crippen molar-refractivity contribution >= 4 is 16.9 Å². The van der Waals surface area contributed by atoms with Crippen LogP contribution in [0.1, 0.15) is 59.8 Å². The zero-order valence-corrected chi connectivity index (χ0v) is 12.3. The van der Waals surface area contributed by atoms with Crippen LogP contribution in [0.3, 0.4) is 0 Å². The molecule has 0 aliphatic heterocycles. The molecule has 2 rings (SSSR count). The van der Waals surface area contributed by atoms with Crippen LogP contribution < -0.4 is 5.32 Å². The third-order valence-corrected chi connectivity index (χ3v) is 6.31. The van der Waals surface area contributed by atoms with Gasteiger partial charge >= 0.3 is 0 Å². The first kappa shape index (κ1) is 16.5. The molecule has 3 heteroatoms. The van der Waals surface area contributed by atoms with Crippen molar-refractivity contribution in [3.05, 3.63) is 12.7 Å². The van der Waals surface area contributed by atoms with Gasteiger partial charge < -0.3 is 5.32 Å². The van der Waals surface area contributed by atoms with Crippen molar-refractivity contribution in [2.75, 3.05) is 0 Å². The molecular formula is C16H31NOSi. The fourth-order valence-electron chi connectivity index (χ4n) is 4.80. The van der Waals surface area contributed by atoms with Gasteiger partial charge in [0.1, 0.15) is 0 Å². The molecule has 2 fully saturated rings. The van der Waals surface area contributed by atoms with Crippen molar-refractivity contribution in [1.29, 1.82) is 0 Å². The van der Waals surface area contributed by atoms with E-state index in [0.29, 0.717) is 5.41 Å². The standard InChI is InChI=1S/C16H27NO.H4Si/c1-6-9-16(17-13(18)7-2)11-12-8-10-15(16,5)14(12,3)4;/h7,12H,2,6,8-11H2,1,3-5H3,(H,17,18);1H4. The van der Waals surface area contributed by atoms with Gasteiger partial charge in [0.15, 0.2) is 0 Å². The summed E-state index contributed by atoms with van der Waals surface area (Å²) < 4.78 is 0. The van der Waals surface area contributed by atoms with E-state index in [-0.39, 0.29) is 27.8 Å². The fourth-order valence-corrected chi connectivity index (χ4v) is 4.80. The Hall–Kier alpha value is -0.573. The number of nitrogens with one attached hydrogen (secondary N) is 1. The van der Waals surface area contributed by atoms with Gasteiger partial charge in [0.2, 0.25) is 5.91 Å². The molecule has 110 valence electrons. The zero-order chi connectivity index (χ0) is 13.6. The van der Waals surface area contributed by atoms with Gasteiger partial charge in [0.25, 0.3) is 0 Å². The summed E-state index contributed by atoms with van der Waals surface area (Å²) in [6.07, 6.45) is 7.32. The molecule has 0 aromatic rings. The van der Waals surface area contributed by atoms with Crippen LogP contribution in [0.2, 0.25) is 0 Å². The normalized spacial score (nSPS) is 38.6. The van der Waals surface area contributed by atoms with E-state index in [4.69, 9.17) is 0 Å². The average molecular weight is 282 g/mol. The van der Waals surface area contributed by atoms with Crippen LogP contribution in [0, 0.1) is 16.7 Å². The fraction of sp³-hybridized carbons (Fsp3) is 0.812. The number of hydrogen-bond donors (Lipinski definition) is 1. The number of hydrogen-bond acceptors (Lipinski definition) is 1. The molecule has 2 aliphatic rings. The maximum absolute atomic E-state index is 11.8. The highest BCUT2D eigenvalue weighted by atomic mass is 28.1. The lowest BCUT2D eigenvalue weighted by atomic mass is 9.61. The Morgan fingerprint density at radius 1 is 1.42 bits per heavy atom. The summed E-state index contributed by atoms with van der Waals surface area (Å²) in [6, 6.07) is 0. The van der Waals surface area contributed by atoms with Crippen molar-refractivity contribution < 1.29 is 4.79 Å². The molecule has 2 nitrogen and oxygen atoms in total. The average Bonchev–Trinajstić information content (AvgIpc) is 2.61. The van der Waals surface area contributed by atoms with Gasteiger partial charge in [-0.25, -0.2) is 0 Å². The highest BCUT2D eigenvalue weighted by Crippen LogP contribution is 2.70. The topological polar surface area (TPSA) is 29.1 Å². The Kier molecular flexibility index (Phi) is 4.41. The number of rotatable bonds is 4. The van der Waals surface area contributed by atoms with Crippen molar-refractivity contribution in [2.24, 2.45) is 16.7 Å². The first-order chi connectivity index (χ1) is 8.33. The van der Waals surface area contributed by atoms with Gasteiger partial charge in [-0.1, -0.05) is 40.7 Å². The van der Waals surface area contributed by atoms with Gasteiger partial charge in [-0.3, -0.25) is 4.79 Å². The summed E-state index contributed by atoms with van der Waals surface area (Å²) in [7, 11) is 0. The lowest BCUT2D eigenvalue weighted by Gasteiger charge is -2.49. The quantitative estimate of drug-likeness (QED) is 0.621. The Labute approximate surface area is 122 Å². The molecule has 2 bridgehead atoms. The Balaban J connectivity index is 0.00000180. The van der Waals surface area contributed by atoms with Crippen molar-refractivity contribution in [1.82, 2.24) is 5.32 Å². The predicted molar refractivity (Wildman–Crippen MR) is 86.5 cm³/mol. The van der Waals surface area contributed by atoms with Gasteiger partial charge in [-0.05, 0) is 59.5 Å². The molecular weight excluding hydrogens is 250 g/mol. The summed E-state index contributed by atoms with van der Waals surface area (Å²) in [5, 5.41) is 3.31. The number of amides is 1. The van der Waals surface area contributed by atoms with E-state index in [1.54, 1.807) is 0 Å². The highest BCUT2D eigenvalue weighted by Gasteiger charge is 2.68. The van der Waals surface area contributed by atoms with E-state index < -0.39 is 0 Å². The van der Waals surface area contributed by atoms with Gasteiger partial charge in [0.05, 0.1) is 0 Å². The molecule has 3 atom stereocenters. The van der Waals surface area contributed by atoms with Crippen molar-refractivity contribution in [3.8, 4) is 0 Å². The Bertz CT molecular complexity index is 379. The molecule has 0 spiro atoms. The van der Waals surface area contributed by atoms with Crippen LogP contribution >= 0.6 is 0 Å². The van der Waals surface area contributed by atoms with Crippen molar-refractivity contribution in [3.63, 3.8) is 0 Å². The van der Waals surface area contributed by atoms with Gasteiger partial charge in [-0.2, -0.15) is 0 Å². The van der Waals surface area contributed by atoms with Crippen LogP contribution in [0.5, 0.6) is 0 Å². The molecule has 0 saturated heterocycles. The Morgan fingerprint density at radius 2 is 2.05 bits per heavy atom. The van der Waals surface area contributed by atoms with Crippen LogP contribution in [0.15, 0.2) is 12.7 Å². The molecule has 0 aromatic carbocycles. The maximum atomic E-state index is 11.8. The molecule has 3 unspecified atom stereocenters. The molecule has 0 heterocycles. The molecule has 0 radical (unpaired) electrons. The first-order valence-electron chi connectivity index (χ1n) is 7.27. The second kappa shape index (κ2) is 5.08. The van der Waals surface area contributed by atoms with E-state index >= 15 is 0 Å². The maximum Gasteiger partial charge on any atom is 0.243 e. The SMILES string of the molecule is C=CC(=O)NC1(CCC)CC2CCC1(C)C2(C)C.[SiH4]. The second-order valence-corrected chi connectivity index (χ2v) is 7.02. The number of carbonyl (C=O) groups is 1. The Morgan fingerprint density at radius 3 is 2.42 bits per heavy atom. The predicted octanol–water partition coefficient (Wildman–Crippen LogP) is 2.22. The summed E-state index contributed by atoms with van der Waals surface area (Å²) in [5.41, 5.74) is 0.537. The van der Waals surface area contributed by atoms with Crippen LogP contribution in [0.4, 0.5) is 0 Å². The van der Waals surface area contributed by atoms with E-state index in [0.717, 1.165) is 25.2 Å². The lowest BCUT2D eigenvalue weighted by Crippen LogP contribution is -2.58. The van der Waals surface area contributed by atoms with E-state index in [1.165, 1.54) is 18.9 Å². The van der Waals surface area contributed by atoms with Crippen LogP contribution in [-0.2, 0) is 4.79 Å². The largest absolute Gasteiger partial charge is 0.347 e. The summed E-state index contributed by atoms with van der Waals surface area (Å²) in [5.74, 6) is 0.743. The molecule has 1 N–H and O–H groups in total. The minimum Gasteiger partial charge on any atom is -0.347 e. The van der Waals surface area contributed by atoms with E-state index in [2.05, 4.69) is 39.6 Å². The molecule has 19 heavy (non-hydrogen) atoms. The smallest absolute Gasteiger partial charge is 0.243 e. The van der Waals surface area contributed by atoms with Crippen LogP contribution in [-0.4, -0.2) is 22.4 Å². The highest BCUT2D eigenvalue weighted by molar-refractivity contribution is 5.87. The van der Waals surface area contributed by atoms with E-state index in [1.807, 2.05) is 0 Å². The minimum absolute atomic E-state index is 0. The summed E-state index contributed by atoms with van der Waals surface area (Å²) in [4.78, 5) is 11.8. The number of carbonyl (C=O) groups excluding carboxylic acids is 1. The molecule has 1 amide bonds. The minimum atomic E-state index is -0.0144. The first-order valence-corrected chi connectivity index (χ1v) is 7.27. The molecule has 2 aliphatic carbocycles.